The van der Waals surface area contributed by atoms with Gasteiger partial charge in [0.15, 0.2) is 0 Å². The summed E-state index contributed by atoms with van der Waals surface area (Å²) in [7, 11) is 2.16. The Balaban J connectivity index is 2.17. The molecule has 2 unspecified atom stereocenters. The number of piperazine rings is 1. The number of hydrogen-bond donors (Lipinski definition) is 1. The molecular formula is C14H22N2O. The van der Waals surface area contributed by atoms with E-state index in [0.717, 1.165) is 19.5 Å². The van der Waals surface area contributed by atoms with Crippen molar-refractivity contribution in [2.45, 2.75) is 25.4 Å². The highest BCUT2D eigenvalue weighted by Gasteiger charge is 2.29. The number of aliphatic hydroxyl groups excluding tert-OH is 1. The van der Waals surface area contributed by atoms with Gasteiger partial charge in [0.25, 0.3) is 0 Å². The molecule has 1 aliphatic rings. The van der Waals surface area contributed by atoms with Gasteiger partial charge < -0.3 is 10.0 Å². The number of hydrogen-bond acceptors (Lipinski definition) is 3. The molecule has 1 N–H and O–H groups in total. The van der Waals surface area contributed by atoms with Crippen LogP contribution in [0.2, 0.25) is 0 Å². The van der Waals surface area contributed by atoms with E-state index in [2.05, 4.69) is 48.0 Å². The van der Waals surface area contributed by atoms with E-state index in [9.17, 15) is 5.11 Å². The van der Waals surface area contributed by atoms with Crippen molar-refractivity contribution in [2.24, 2.45) is 0 Å². The number of nitrogens with zero attached hydrogens (tertiary/aromatic N) is 2. The van der Waals surface area contributed by atoms with Crippen LogP contribution in [0.3, 0.4) is 0 Å². The molecule has 0 amide bonds. The normalized spacial score (nSPS) is 26.2. The van der Waals surface area contributed by atoms with Gasteiger partial charge in [-0.05, 0) is 32.5 Å². The third kappa shape index (κ3) is 2.79. The van der Waals surface area contributed by atoms with E-state index < -0.39 is 0 Å². The highest BCUT2D eigenvalue weighted by molar-refractivity contribution is 5.48. The molecule has 0 radical (unpaired) electrons. The van der Waals surface area contributed by atoms with Crippen molar-refractivity contribution in [1.29, 1.82) is 0 Å². The highest BCUT2D eigenvalue weighted by atomic mass is 16.3. The Morgan fingerprint density at radius 2 is 1.94 bits per heavy atom. The van der Waals surface area contributed by atoms with Crippen LogP contribution in [0.4, 0.5) is 5.69 Å². The molecule has 94 valence electrons. The minimum absolute atomic E-state index is 0.260. The maximum Gasteiger partial charge on any atom is 0.0451 e. The zero-order valence-corrected chi connectivity index (χ0v) is 10.7. The molecule has 1 heterocycles. The zero-order chi connectivity index (χ0) is 12.3. The Bertz CT molecular complexity index is 341. The number of anilines is 1. The van der Waals surface area contributed by atoms with Gasteiger partial charge in [-0.3, -0.25) is 4.90 Å². The van der Waals surface area contributed by atoms with Gasteiger partial charge >= 0.3 is 0 Å². The zero-order valence-electron chi connectivity index (χ0n) is 10.7. The fourth-order valence-electron chi connectivity index (χ4n) is 2.52. The highest BCUT2D eigenvalue weighted by Crippen LogP contribution is 2.23. The van der Waals surface area contributed by atoms with Crippen LogP contribution in [0, 0.1) is 0 Å². The summed E-state index contributed by atoms with van der Waals surface area (Å²) in [6.07, 6.45) is 0.839. The van der Waals surface area contributed by atoms with E-state index in [1.807, 2.05) is 6.07 Å². The van der Waals surface area contributed by atoms with Gasteiger partial charge in [-0.25, -0.2) is 0 Å². The Morgan fingerprint density at radius 3 is 2.59 bits per heavy atom. The predicted molar refractivity (Wildman–Crippen MR) is 71.4 cm³/mol. The van der Waals surface area contributed by atoms with E-state index in [1.54, 1.807) is 0 Å². The Labute approximate surface area is 104 Å². The summed E-state index contributed by atoms with van der Waals surface area (Å²) in [6.45, 7) is 4.57. The number of likely N-dealkylation sites (N-methyl/N-ethyl adjacent to an activating group) is 1. The molecule has 3 nitrogen and oxygen atoms in total. The number of rotatable bonds is 3. The average molecular weight is 234 g/mol. The summed E-state index contributed by atoms with van der Waals surface area (Å²) < 4.78 is 0. The van der Waals surface area contributed by atoms with E-state index >= 15 is 0 Å². The lowest BCUT2D eigenvalue weighted by Crippen LogP contribution is -2.56. The topological polar surface area (TPSA) is 26.7 Å². The van der Waals surface area contributed by atoms with E-state index in [-0.39, 0.29) is 6.61 Å². The number of benzene rings is 1. The van der Waals surface area contributed by atoms with Crippen molar-refractivity contribution >= 4 is 5.69 Å². The molecule has 17 heavy (non-hydrogen) atoms. The Morgan fingerprint density at radius 1 is 1.24 bits per heavy atom. The molecule has 3 heteroatoms. The SMILES string of the molecule is CC1CN(c2ccccc2)C(CCO)CN1C. The monoisotopic (exact) mass is 234 g/mol. The largest absolute Gasteiger partial charge is 0.396 e. The van der Waals surface area contributed by atoms with Crippen molar-refractivity contribution in [3.8, 4) is 0 Å². The van der Waals surface area contributed by atoms with Crippen molar-refractivity contribution in [2.75, 3.05) is 31.6 Å². The molecule has 1 fully saturated rings. The van der Waals surface area contributed by atoms with Gasteiger partial charge in [0.1, 0.15) is 0 Å². The van der Waals surface area contributed by atoms with Crippen molar-refractivity contribution in [1.82, 2.24) is 4.90 Å². The molecule has 1 aromatic rings. The van der Waals surface area contributed by atoms with Crippen LogP contribution in [-0.2, 0) is 0 Å². The van der Waals surface area contributed by atoms with Gasteiger partial charge in [-0.2, -0.15) is 0 Å². The molecule has 0 bridgehead atoms. The second-order valence-electron chi connectivity index (χ2n) is 4.94. The fourth-order valence-corrected chi connectivity index (χ4v) is 2.52. The second-order valence-corrected chi connectivity index (χ2v) is 4.94. The van der Waals surface area contributed by atoms with Crippen LogP contribution >= 0.6 is 0 Å². The van der Waals surface area contributed by atoms with Crippen LogP contribution in [0.1, 0.15) is 13.3 Å². The fraction of sp³-hybridized carbons (Fsp3) is 0.571. The Hall–Kier alpha value is -1.06. The summed E-state index contributed by atoms with van der Waals surface area (Å²) in [6, 6.07) is 11.5. The van der Waals surface area contributed by atoms with E-state index in [0.29, 0.717) is 12.1 Å². The number of aliphatic hydroxyl groups is 1. The molecule has 0 aromatic heterocycles. The molecule has 1 aromatic carbocycles. The third-order valence-corrected chi connectivity index (χ3v) is 3.70. The first-order valence-electron chi connectivity index (χ1n) is 6.35. The molecule has 0 spiro atoms. The minimum Gasteiger partial charge on any atom is -0.396 e. The standard InChI is InChI=1S/C14H22N2O/c1-12-10-16(13-6-4-3-5-7-13)14(8-9-17)11-15(12)2/h3-7,12,14,17H,8-11H2,1-2H3. The summed E-state index contributed by atoms with van der Waals surface area (Å²) >= 11 is 0. The molecule has 0 aliphatic carbocycles. The van der Waals surface area contributed by atoms with Crippen LogP contribution in [0.15, 0.2) is 30.3 Å². The third-order valence-electron chi connectivity index (χ3n) is 3.70. The first-order chi connectivity index (χ1) is 8.22. The molecule has 1 aliphatic heterocycles. The molecule has 2 rings (SSSR count). The summed E-state index contributed by atoms with van der Waals surface area (Å²) in [5, 5.41) is 9.19. The van der Waals surface area contributed by atoms with Gasteiger partial charge in [0, 0.05) is 37.5 Å². The van der Waals surface area contributed by atoms with Gasteiger partial charge in [-0.15, -0.1) is 0 Å². The lowest BCUT2D eigenvalue weighted by molar-refractivity contribution is 0.177. The summed E-state index contributed by atoms with van der Waals surface area (Å²) in [5.74, 6) is 0. The van der Waals surface area contributed by atoms with E-state index in [1.165, 1.54) is 5.69 Å². The molecule has 1 saturated heterocycles. The smallest absolute Gasteiger partial charge is 0.0451 e. The quantitative estimate of drug-likeness (QED) is 0.860. The first-order valence-corrected chi connectivity index (χ1v) is 6.35. The predicted octanol–water partition coefficient (Wildman–Crippen LogP) is 1.58. The average Bonchev–Trinajstić information content (AvgIpc) is 2.35. The van der Waals surface area contributed by atoms with Crippen LogP contribution in [0.25, 0.3) is 0 Å². The summed E-state index contributed by atoms with van der Waals surface area (Å²) in [5.41, 5.74) is 1.27. The Kier molecular flexibility index (Phi) is 4.02. The maximum atomic E-state index is 9.19. The van der Waals surface area contributed by atoms with Crippen LogP contribution in [0.5, 0.6) is 0 Å². The second kappa shape index (κ2) is 5.52. The van der Waals surface area contributed by atoms with E-state index in [4.69, 9.17) is 0 Å². The summed E-state index contributed by atoms with van der Waals surface area (Å²) in [4.78, 5) is 4.81. The van der Waals surface area contributed by atoms with Crippen molar-refractivity contribution in [3.05, 3.63) is 30.3 Å². The van der Waals surface area contributed by atoms with Gasteiger partial charge in [-0.1, -0.05) is 18.2 Å². The van der Waals surface area contributed by atoms with Crippen LogP contribution in [-0.4, -0.2) is 48.8 Å². The maximum absolute atomic E-state index is 9.19. The molecular weight excluding hydrogens is 212 g/mol. The van der Waals surface area contributed by atoms with Crippen LogP contribution < -0.4 is 4.90 Å². The molecule has 0 saturated carbocycles. The lowest BCUT2D eigenvalue weighted by Gasteiger charge is -2.45. The van der Waals surface area contributed by atoms with Gasteiger partial charge in [0.05, 0.1) is 0 Å². The van der Waals surface area contributed by atoms with Gasteiger partial charge in [0.2, 0.25) is 0 Å². The van der Waals surface area contributed by atoms with Crippen molar-refractivity contribution < 1.29 is 5.11 Å². The number of para-hydroxylation sites is 1. The lowest BCUT2D eigenvalue weighted by atomic mass is 10.0. The van der Waals surface area contributed by atoms with Crippen molar-refractivity contribution in [3.63, 3.8) is 0 Å². The first kappa shape index (κ1) is 12.4. The minimum atomic E-state index is 0.260. The molecule has 2 atom stereocenters.